The van der Waals surface area contributed by atoms with E-state index in [9.17, 15) is 9.59 Å². The van der Waals surface area contributed by atoms with Crippen LogP contribution in [-0.4, -0.2) is 24.9 Å². The molecule has 1 heterocycles. The minimum Gasteiger partial charge on any atom is -0.355 e. The van der Waals surface area contributed by atoms with Gasteiger partial charge in [-0.2, -0.15) is 0 Å². The fraction of sp³-hybridized carbons (Fsp3) is 0.500. The number of carbonyl (C=O) groups excluding carboxylic acids is 2. The predicted molar refractivity (Wildman–Crippen MR) is 84.4 cm³/mol. The summed E-state index contributed by atoms with van der Waals surface area (Å²) in [6, 6.07) is 7.11. The molecule has 0 spiro atoms. The van der Waals surface area contributed by atoms with E-state index in [2.05, 4.69) is 19.2 Å². The number of nitrogens with zero attached hydrogens (tertiary/aromatic N) is 1. The first kappa shape index (κ1) is 15.8. The van der Waals surface area contributed by atoms with Crippen LogP contribution < -0.4 is 10.2 Å². The van der Waals surface area contributed by atoms with E-state index in [1.165, 1.54) is 0 Å². The van der Waals surface area contributed by atoms with Crippen molar-refractivity contribution in [3.05, 3.63) is 29.3 Å². The molecule has 1 N–H and O–H groups in total. The standard InChI is InChI=1S/C16H21ClN2O2/c1-11(2)7-9-18-15(20)14-8-10-19(16(14)21)13-5-3-12(17)4-6-13/h3-6,11,14H,7-10H2,1-2H3,(H,18,20)/t14-/m1/s1. The second-order valence-corrected chi connectivity index (χ2v) is 6.22. The zero-order chi connectivity index (χ0) is 15.4. The molecule has 4 nitrogen and oxygen atoms in total. The molecule has 2 amide bonds. The van der Waals surface area contributed by atoms with Crippen molar-refractivity contribution in [2.75, 3.05) is 18.0 Å². The highest BCUT2D eigenvalue weighted by Crippen LogP contribution is 2.26. The van der Waals surface area contributed by atoms with Crippen molar-refractivity contribution in [1.82, 2.24) is 5.32 Å². The molecular weight excluding hydrogens is 288 g/mol. The van der Waals surface area contributed by atoms with E-state index in [0.717, 1.165) is 12.1 Å². The van der Waals surface area contributed by atoms with Gasteiger partial charge in [0.1, 0.15) is 5.92 Å². The van der Waals surface area contributed by atoms with Gasteiger partial charge in [-0.25, -0.2) is 0 Å². The lowest BCUT2D eigenvalue weighted by Crippen LogP contribution is -2.37. The smallest absolute Gasteiger partial charge is 0.239 e. The number of amides is 2. The first-order valence-corrected chi connectivity index (χ1v) is 7.71. The van der Waals surface area contributed by atoms with Crippen LogP contribution in [0.15, 0.2) is 24.3 Å². The van der Waals surface area contributed by atoms with Crippen molar-refractivity contribution in [2.45, 2.75) is 26.7 Å². The average Bonchev–Trinajstić information content (AvgIpc) is 2.81. The third-order valence-corrected chi connectivity index (χ3v) is 3.93. The number of anilines is 1. The van der Waals surface area contributed by atoms with Crippen molar-refractivity contribution in [3.63, 3.8) is 0 Å². The number of nitrogens with one attached hydrogen (secondary N) is 1. The van der Waals surface area contributed by atoms with Gasteiger partial charge >= 0.3 is 0 Å². The highest BCUT2D eigenvalue weighted by Gasteiger charge is 2.37. The third-order valence-electron chi connectivity index (χ3n) is 3.68. The lowest BCUT2D eigenvalue weighted by molar-refractivity contribution is -0.132. The maximum atomic E-state index is 12.4. The average molecular weight is 309 g/mol. The fourth-order valence-electron chi connectivity index (χ4n) is 2.41. The molecule has 1 saturated heterocycles. The molecule has 0 aromatic heterocycles. The molecule has 5 heteroatoms. The first-order valence-electron chi connectivity index (χ1n) is 7.33. The number of hydrogen-bond donors (Lipinski definition) is 1. The van der Waals surface area contributed by atoms with Gasteiger partial charge < -0.3 is 10.2 Å². The van der Waals surface area contributed by atoms with Gasteiger partial charge in [0.05, 0.1) is 0 Å². The second-order valence-electron chi connectivity index (χ2n) is 5.78. The van der Waals surface area contributed by atoms with E-state index in [4.69, 9.17) is 11.6 Å². The van der Waals surface area contributed by atoms with Gasteiger partial charge in [-0.15, -0.1) is 0 Å². The van der Waals surface area contributed by atoms with Crippen molar-refractivity contribution < 1.29 is 9.59 Å². The highest BCUT2D eigenvalue weighted by atomic mass is 35.5. The maximum Gasteiger partial charge on any atom is 0.239 e. The molecule has 1 aliphatic rings. The Kier molecular flexibility index (Phi) is 5.23. The zero-order valence-corrected chi connectivity index (χ0v) is 13.2. The molecule has 0 bridgehead atoms. The first-order chi connectivity index (χ1) is 9.99. The van der Waals surface area contributed by atoms with Crippen LogP contribution in [0.1, 0.15) is 26.7 Å². The molecule has 0 radical (unpaired) electrons. The molecule has 0 saturated carbocycles. The molecule has 0 aliphatic carbocycles. The summed E-state index contributed by atoms with van der Waals surface area (Å²) in [5.41, 5.74) is 0.793. The number of carbonyl (C=O) groups is 2. The number of halogens is 1. The van der Waals surface area contributed by atoms with Crippen molar-refractivity contribution in [1.29, 1.82) is 0 Å². The minimum absolute atomic E-state index is 0.126. The summed E-state index contributed by atoms with van der Waals surface area (Å²) in [6.45, 7) is 5.41. The molecule has 1 aromatic rings. The van der Waals surface area contributed by atoms with Crippen molar-refractivity contribution in [2.24, 2.45) is 11.8 Å². The van der Waals surface area contributed by atoms with Crippen LogP contribution in [0.5, 0.6) is 0 Å². The van der Waals surface area contributed by atoms with Crippen LogP contribution >= 0.6 is 11.6 Å². The van der Waals surface area contributed by atoms with Gasteiger partial charge in [0, 0.05) is 23.8 Å². The van der Waals surface area contributed by atoms with Gasteiger partial charge in [0.25, 0.3) is 0 Å². The number of hydrogen-bond acceptors (Lipinski definition) is 2. The lowest BCUT2D eigenvalue weighted by Gasteiger charge is -2.17. The molecule has 0 unspecified atom stereocenters. The Hall–Kier alpha value is -1.55. The predicted octanol–water partition coefficient (Wildman–Crippen LogP) is 2.86. The van der Waals surface area contributed by atoms with E-state index < -0.39 is 5.92 Å². The van der Waals surface area contributed by atoms with E-state index in [-0.39, 0.29) is 11.8 Å². The second kappa shape index (κ2) is 6.94. The van der Waals surface area contributed by atoms with E-state index in [0.29, 0.717) is 30.5 Å². The SMILES string of the molecule is CC(C)CCNC(=O)[C@H]1CCN(c2ccc(Cl)cc2)C1=O. The van der Waals surface area contributed by atoms with E-state index in [1.807, 2.05) is 0 Å². The molecule has 21 heavy (non-hydrogen) atoms. The van der Waals surface area contributed by atoms with E-state index >= 15 is 0 Å². The Morgan fingerprint density at radius 1 is 1.38 bits per heavy atom. The van der Waals surface area contributed by atoms with Crippen LogP contribution in [0.3, 0.4) is 0 Å². The van der Waals surface area contributed by atoms with Crippen LogP contribution in [0.25, 0.3) is 0 Å². The zero-order valence-electron chi connectivity index (χ0n) is 12.4. The summed E-state index contributed by atoms with van der Waals surface area (Å²) >= 11 is 5.85. The van der Waals surface area contributed by atoms with Gasteiger partial charge in [-0.3, -0.25) is 9.59 Å². The summed E-state index contributed by atoms with van der Waals surface area (Å²) in [5, 5.41) is 3.49. The van der Waals surface area contributed by atoms with Crippen LogP contribution in [0.2, 0.25) is 5.02 Å². The molecule has 1 fully saturated rings. The molecule has 2 rings (SSSR count). The molecule has 1 aliphatic heterocycles. The highest BCUT2D eigenvalue weighted by molar-refractivity contribution is 6.30. The van der Waals surface area contributed by atoms with Crippen LogP contribution in [0, 0.1) is 11.8 Å². The molecule has 1 aromatic carbocycles. The van der Waals surface area contributed by atoms with E-state index in [1.54, 1.807) is 29.2 Å². The summed E-state index contributed by atoms with van der Waals surface area (Å²) in [6.07, 6.45) is 1.49. The fourth-order valence-corrected chi connectivity index (χ4v) is 2.53. The van der Waals surface area contributed by atoms with Crippen molar-refractivity contribution in [3.8, 4) is 0 Å². The summed E-state index contributed by atoms with van der Waals surface area (Å²) in [5.74, 6) is -0.306. The maximum absolute atomic E-state index is 12.4. The quantitative estimate of drug-likeness (QED) is 0.850. The lowest BCUT2D eigenvalue weighted by atomic mass is 10.1. The number of benzene rings is 1. The van der Waals surface area contributed by atoms with Crippen LogP contribution in [0.4, 0.5) is 5.69 Å². The topological polar surface area (TPSA) is 49.4 Å². The number of rotatable bonds is 5. The van der Waals surface area contributed by atoms with Gasteiger partial charge in [-0.05, 0) is 43.0 Å². The Balaban J connectivity index is 1.94. The normalized spacial score (nSPS) is 18.4. The summed E-state index contributed by atoms with van der Waals surface area (Å²) in [7, 11) is 0. The Labute approximate surface area is 130 Å². The summed E-state index contributed by atoms with van der Waals surface area (Å²) < 4.78 is 0. The van der Waals surface area contributed by atoms with Gasteiger partial charge in [-0.1, -0.05) is 25.4 Å². The minimum atomic E-state index is -0.562. The Bertz CT molecular complexity index is 514. The molecule has 114 valence electrons. The third kappa shape index (κ3) is 3.97. The molecular formula is C16H21ClN2O2. The molecule has 1 atom stereocenters. The summed E-state index contributed by atoms with van der Waals surface area (Å²) in [4.78, 5) is 26.1. The largest absolute Gasteiger partial charge is 0.355 e. The van der Waals surface area contributed by atoms with Crippen molar-refractivity contribution >= 4 is 29.1 Å². The Morgan fingerprint density at radius 3 is 2.67 bits per heavy atom. The monoisotopic (exact) mass is 308 g/mol. The Morgan fingerprint density at radius 2 is 2.05 bits per heavy atom. The van der Waals surface area contributed by atoms with Gasteiger partial charge in [0.2, 0.25) is 11.8 Å². The van der Waals surface area contributed by atoms with Gasteiger partial charge in [0.15, 0.2) is 0 Å². The van der Waals surface area contributed by atoms with Crippen LogP contribution in [-0.2, 0) is 9.59 Å².